The number of para-hydroxylation sites is 1. The Morgan fingerprint density at radius 1 is 1.17 bits per heavy atom. The van der Waals surface area contributed by atoms with Crippen LogP contribution in [0.4, 0.5) is 5.69 Å². The van der Waals surface area contributed by atoms with Gasteiger partial charge in [0.15, 0.2) is 0 Å². The van der Waals surface area contributed by atoms with Gasteiger partial charge in [-0.25, -0.2) is 0 Å². The van der Waals surface area contributed by atoms with Crippen LogP contribution >= 0.6 is 11.8 Å². The average Bonchev–Trinajstić information content (AvgIpc) is 3.20. The molecule has 0 radical (unpaired) electrons. The van der Waals surface area contributed by atoms with Gasteiger partial charge in [0, 0.05) is 17.9 Å². The molecule has 2 aromatic carbocycles. The van der Waals surface area contributed by atoms with E-state index in [4.69, 9.17) is 4.74 Å². The number of carbonyl (C=O) groups is 2. The van der Waals surface area contributed by atoms with Gasteiger partial charge in [-0.2, -0.15) is 0 Å². The van der Waals surface area contributed by atoms with E-state index < -0.39 is 6.04 Å². The molecule has 0 spiro atoms. The van der Waals surface area contributed by atoms with Crippen LogP contribution in [0.25, 0.3) is 0 Å². The molecule has 1 aliphatic rings. The van der Waals surface area contributed by atoms with Crippen molar-refractivity contribution in [3.63, 3.8) is 0 Å². The first-order valence-corrected chi connectivity index (χ1v) is 11.1. The number of nitrogens with one attached hydrogen (secondary N) is 1. The Balaban J connectivity index is 1.61. The number of thioether (sulfide) groups is 1. The van der Waals surface area contributed by atoms with E-state index in [1.165, 1.54) is 5.56 Å². The predicted octanol–water partition coefficient (Wildman–Crippen LogP) is 4.17. The van der Waals surface area contributed by atoms with Gasteiger partial charge in [0.1, 0.15) is 11.8 Å². The van der Waals surface area contributed by atoms with Crippen molar-refractivity contribution in [2.75, 3.05) is 23.6 Å². The van der Waals surface area contributed by atoms with E-state index in [1.807, 2.05) is 63.2 Å². The summed E-state index contributed by atoms with van der Waals surface area (Å²) in [5.41, 5.74) is 4.10. The highest BCUT2D eigenvalue weighted by molar-refractivity contribution is 7.99. The fourth-order valence-electron chi connectivity index (χ4n) is 3.34. The molecular formula is C23H28N2O3S. The first kappa shape index (κ1) is 21.2. The maximum absolute atomic E-state index is 12.8. The average molecular weight is 413 g/mol. The zero-order valence-electron chi connectivity index (χ0n) is 17.2. The Hall–Kier alpha value is -2.47. The van der Waals surface area contributed by atoms with Gasteiger partial charge >= 0.3 is 0 Å². The van der Waals surface area contributed by atoms with Crippen molar-refractivity contribution in [3.8, 4) is 5.75 Å². The molecule has 0 aromatic heterocycles. The smallest absolute Gasteiger partial charge is 0.248 e. The molecule has 6 heteroatoms. The molecule has 1 heterocycles. The van der Waals surface area contributed by atoms with Crippen LogP contribution in [0, 0.1) is 13.8 Å². The van der Waals surface area contributed by atoms with Crippen molar-refractivity contribution in [2.45, 2.75) is 39.7 Å². The van der Waals surface area contributed by atoms with Crippen molar-refractivity contribution >= 4 is 29.3 Å². The third kappa shape index (κ3) is 5.32. The molecule has 3 rings (SSSR count). The van der Waals surface area contributed by atoms with Gasteiger partial charge in [0.25, 0.3) is 0 Å². The van der Waals surface area contributed by atoms with Crippen LogP contribution in [0.15, 0.2) is 42.5 Å². The zero-order valence-corrected chi connectivity index (χ0v) is 18.1. The van der Waals surface area contributed by atoms with E-state index in [2.05, 4.69) is 5.32 Å². The number of nitrogens with zero attached hydrogens (tertiary/aromatic N) is 1. The van der Waals surface area contributed by atoms with Gasteiger partial charge in [0.2, 0.25) is 11.8 Å². The molecule has 0 bridgehead atoms. The minimum atomic E-state index is -0.434. The van der Waals surface area contributed by atoms with E-state index in [0.717, 1.165) is 22.6 Å². The van der Waals surface area contributed by atoms with Gasteiger partial charge in [-0.3, -0.25) is 9.59 Å². The molecular weight excluding hydrogens is 384 g/mol. The third-order valence-corrected chi connectivity index (χ3v) is 6.17. The zero-order chi connectivity index (χ0) is 20.8. The van der Waals surface area contributed by atoms with E-state index in [0.29, 0.717) is 31.1 Å². The summed E-state index contributed by atoms with van der Waals surface area (Å²) in [6.07, 6.45) is 0.958. The van der Waals surface area contributed by atoms with Crippen molar-refractivity contribution in [2.24, 2.45) is 0 Å². The van der Waals surface area contributed by atoms with Gasteiger partial charge in [-0.15, -0.1) is 11.8 Å². The Morgan fingerprint density at radius 2 is 1.97 bits per heavy atom. The lowest BCUT2D eigenvalue weighted by Gasteiger charge is -2.23. The lowest BCUT2D eigenvalue weighted by atomic mass is 10.1. The number of amides is 2. The highest BCUT2D eigenvalue weighted by atomic mass is 32.2. The fraction of sp³-hybridized carbons (Fsp3) is 0.391. The SMILES string of the molecule is CCOc1ccccc1CCC(=O)N1CSCC1C(=O)Nc1ccc(C)c(C)c1. The van der Waals surface area contributed by atoms with E-state index in [1.54, 1.807) is 16.7 Å². The molecule has 29 heavy (non-hydrogen) atoms. The van der Waals surface area contributed by atoms with Crippen molar-refractivity contribution in [3.05, 3.63) is 59.2 Å². The van der Waals surface area contributed by atoms with Crippen LogP contribution in [0.1, 0.15) is 30.0 Å². The molecule has 1 aliphatic heterocycles. The van der Waals surface area contributed by atoms with Crippen molar-refractivity contribution < 1.29 is 14.3 Å². The maximum atomic E-state index is 12.8. The number of hydrogen-bond acceptors (Lipinski definition) is 4. The van der Waals surface area contributed by atoms with Crippen LogP contribution in [0.5, 0.6) is 5.75 Å². The summed E-state index contributed by atoms with van der Waals surface area (Å²) in [6.45, 7) is 6.60. The topological polar surface area (TPSA) is 58.6 Å². The lowest BCUT2D eigenvalue weighted by molar-refractivity contribution is -0.136. The highest BCUT2D eigenvalue weighted by Gasteiger charge is 2.34. The molecule has 2 aromatic rings. The van der Waals surface area contributed by atoms with Crippen LogP contribution in [0.2, 0.25) is 0 Å². The molecule has 1 unspecified atom stereocenters. The number of anilines is 1. The van der Waals surface area contributed by atoms with Crippen LogP contribution in [0.3, 0.4) is 0 Å². The second-order valence-corrected chi connectivity index (χ2v) is 8.21. The molecule has 0 saturated carbocycles. The Bertz CT molecular complexity index is 884. The lowest BCUT2D eigenvalue weighted by Crippen LogP contribution is -2.44. The number of ether oxygens (including phenoxy) is 1. The summed E-state index contributed by atoms with van der Waals surface area (Å²) in [6, 6.07) is 13.2. The van der Waals surface area contributed by atoms with Gasteiger partial charge < -0.3 is 15.0 Å². The van der Waals surface area contributed by atoms with Crippen molar-refractivity contribution in [1.29, 1.82) is 0 Å². The van der Waals surface area contributed by atoms with Gasteiger partial charge in [-0.1, -0.05) is 24.3 Å². The number of rotatable bonds is 7. The first-order chi connectivity index (χ1) is 14.0. The normalized spacial score (nSPS) is 16.0. The standard InChI is InChI=1S/C23H28N2O3S/c1-4-28-21-8-6-5-7-18(21)10-12-22(26)25-15-29-14-20(25)23(27)24-19-11-9-16(2)17(3)13-19/h5-9,11,13,20H,4,10,12,14-15H2,1-3H3,(H,24,27). The molecule has 1 fully saturated rings. The van der Waals surface area contributed by atoms with Crippen LogP contribution in [-0.2, 0) is 16.0 Å². The second kappa shape index (κ2) is 9.83. The Morgan fingerprint density at radius 3 is 2.72 bits per heavy atom. The molecule has 1 saturated heterocycles. The largest absolute Gasteiger partial charge is 0.494 e. The van der Waals surface area contributed by atoms with Crippen LogP contribution < -0.4 is 10.1 Å². The third-order valence-electron chi connectivity index (χ3n) is 5.16. The molecule has 0 aliphatic carbocycles. The molecule has 5 nitrogen and oxygen atoms in total. The summed E-state index contributed by atoms with van der Waals surface area (Å²) >= 11 is 1.62. The maximum Gasteiger partial charge on any atom is 0.248 e. The van der Waals surface area contributed by atoms with Gasteiger partial charge in [-0.05, 0) is 62.1 Å². The van der Waals surface area contributed by atoms with Crippen molar-refractivity contribution in [1.82, 2.24) is 4.90 Å². The summed E-state index contributed by atoms with van der Waals surface area (Å²) in [5, 5.41) is 2.97. The fourth-order valence-corrected chi connectivity index (χ4v) is 4.52. The molecule has 2 amide bonds. The Labute approximate surface area is 176 Å². The van der Waals surface area contributed by atoms with E-state index in [9.17, 15) is 9.59 Å². The summed E-state index contributed by atoms with van der Waals surface area (Å²) in [7, 11) is 0. The summed E-state index contributed by atoms with van der Waals surface area (Å²) < 4.78 is 5.65. The number of hydrogen-bond donors (Lipinski definition) is 1. The summed E-state index contributed by atoms with van der Waals surface area (Å²) in [4.78, 5) is 27.3. The van der Waals surface area contributed by atoms with E-state index in [-0.39, 0.29) is 11.8 Å². The van der Waals surface area contributed by atoms with E-state index >= 15 is 0 Å². The first-order valence-electron chi connectivity index (χ1n) is 9.95. The quantitative estimate of drug-likeness (QED) is 0.741. The number of aryl methyl sites for hydroxylation is 3. The molecule has 1 atom stereocenters. The number of benzene rings is 2. The van der Waals surface area contributed by atoms with Crippen LogP contribution in [-0.4, -0.2) is 41.0 Å². The molecule has 154 valence electrons. The highest BCUT2D eigenvalue weighted by Crippen LogP contribution is 2.25. The predicted molar refractivity (Wildman–Crippen MR) is 118 cm³/mol. The monoisotopic (exact) mass is 412 g/mol. The van der Waals surface area contributed by atoms with Gasteiger partial charge in [0.05, 0.1) is 12.5 Å². The second-order valence-electron chi connectivity index (χ2n) is 7.21. The summed E-state index contributed by atoms with van der Waals surface area (Å²) in [5.74, 6) is 1.88. The minimum absolute atomic E-state index is 0.00142. The minimum Gasteiger partial charge on any atom is -0.494 e. The molecule has 1 N–H and O–H groups in total. The number of carbonyl (C=O) groups excluding carboxylic acids is 2. The Kier molecular flexibility index (Phi) is 7.20.